The van der Waals surface area contributed by atoms with Gasteiger partial charge in [-0.15, -0.1) is 10.2 Å². The van der Waals surface area contributed by atoms with E-state index in [-0.39, 0.29) is 43.3 Å². The SMILES string of the molecule is CCC(C)(C)c1nnc(C(=O)C2C[C@H](F)CN2C(=O)CNC2(CO)CCCC2)o1. The number of carbonyl (C=O) groups excluding carboxylic acids is 2. The zero-order valence-electron chi connectivity index (χ0n) is 17.4. The number of Topliss-reactive ketones (excluding diaryl/α,β-unsaturated/α-hetero) is 1. The first kappa shape index (κ1) is 21.8. The van der Waals surface area contributed by atoms with Crippen LogP contribution in [-0.2, 0) is 10.2 Å². The number of nitrogens with one attached hydrogen (secondary N) is 1. The standard InChI is InChI=1S/C20H31FN4O4/c1-4-19(2,3)18-24-23-17(29-18)16(28)14-9-13(21)11-25(14)15(27)10-22-20(12-26)7-5-6-8-20/h13-14,22,26H,4-12H2,1-3H3/t13-,14?/m0/s1. The van der Waals surface area contributed by atoms with E-state index in [0.717, 1.165) is 32.1 Å². The molecule has 1 amide bonds. The second-order valence-corrected chi connectivity index (χ2v) is 8.91. The molecule has 1 aromatic rings. The van der Waals surface area contributed by atoms with Crippen LogP contribution < -0.4 is 5.32 Å². The monoisotopic (exact) mass is 410 g/mol. The Balaban J connectivity index is 1.69. The van der Waals surface area contributed by atoms with Crippen molar-refractivity contribution in [3.63, 3.8) is 0 Å². The van der Waals surface area contributed by atoms with Gasteiger partial charge in [-0.1, -0.05) is 33.6 Å². The molecule has 1 unspecified atom stereocenters. The van der Waals surface area contributed by atoms with E-state index in [1.54, 1.807) is 0 Å². The molecule has 8 nitrogen and oxygen atoms in total. The zero-order valence-corrected chi connectivity index (χ0v) is 17.4. The smallest absolute Gasteiger partial charge is 0.286 e. The van der Waals surface area contributed by atoms with Gasteiger partial charge < -0.3 is 19.7 Å². The van der Waals surface area contributed by atoms with E-state index in [1.165, 1.54) is 4.90 Å². The fourth-order valence-electron chi connectivity index (χ4n) is 4.01. The van der Waals surface area contributed by atoms with Gasteiger partial charge in [-0.25, -0.2) is 4.39 Å². The summed E-state index contributed by atoms with van der Waals surface area (Å²) >= 11 is 0. The van der Waals surface area contributed by atoms with E-state index in [0.29, 0.717) is 5.89 Å². The third-order valence-electron chi connectivity index (χ3n) is 6.45. The largest absolute Gasteiger partial charge is 0.418 e. The highest BCUT2D eigenvalue weighted by Gasteiger charge is 2.43. The summed E-state index contributed by atoms with van der Waals surface area (Å²) in [5.41, 5.74) is -0.833. The van der Waals surface area contributed by atoms with Crippen molar-refractivity contribution in [2.75, 3.05) is 19.7 Å². The van der Waals surface area contributed by atoms with Gasteiger partial charge in [-0.2, -0.15) is 0 Å². The summed E-state index contributed by atoms with van der Waals surface area (Å²) in [7, 11) is 0. The minimum atomic E-state index is -1.28. The predicted molar refractivity (Wildman–Crippen MR) is 103 cm³/mol. The Morgan fingerprint density at radius 3 is 2.66 bits per heavy atom. The first-order valence-corrected chi connectivity index (χ1v) is 10.4. The van der Waals surface area contributed by atoms with Crippen LogP contribution in [-0.4, -0.2) is 69.3 Å². The van der Waals surface area contributed by atoms with Crippen molar-refractivity contribution >= 4 is 11.7 Å². The fourth-order valence-corrected chi connectivity index (χ4v) is 4.01. The van der Waals surface area contributed by atoms with Crippen molar-refractivity contribution in [1.29, 1.82) is 0 Å². The number of nitrogens with zero attached hydrogens (tertiary/aromatic N) is 3. The van der Waals surface area contributed by atoms with Crippen LogP contribution in [0.1, 0.15) is 75.9 Å². The van der Waals surface area contributed by atoms with Crippen molar-refractivity contribution in [1.82, 2.24) is 20.4 Å². The molecule has 9 heteroatoms. The van der Waals surface area contributed by atoms with Crippen LogP contribution in [0, 0.1) is 0 Å². The van der Waals surface area contributed by atoms with Crippen molar-refractivity contribution in [3.8, 4) is 0 Å². The van der Waals surface area contributed by atoms with E-state index >= 15 is 0 Å². The summed E-state index contributed by atoms with van der Waals surface area (Å²) in [5, 5.41) is 20.7. The van der Waals surface area contributed by atoms with E-state index in [9.17, 15) is 19.1 Å². The van der Waals surface area contributed by atoms with Crippen molar-refractivity contribution in [2.24, 2.45) is 0 Å². The minimum absolute atomic E-state index is 0.0466. The van der Waals surface area contributed by atoms with E-state index in [1.807, 2.05) is 20.8 Å². The molecule has 1 saturated carbocycles. The first-order chi connectivity index (χ1) is 13.7. The van der Waals surface area contributed by atoms with Gasteiger partial charge in [0.05, 0.1) is 19.7 Å². The Morgan fingerprint density at radius 2 is 2.03 bits per heavy atom. The second kappa shape index (κ2) is 8.47. The number of ketones is 1. The third-order valence-corrected chi connectivity index (χ3v) is 6.45. The minimum Gasteiger partial charge on any atom is -0.418 e. The van der Waals surface area contributed by atoms with Crippen LogP contribution in [0.3, 0.4) is 0 Å². The Labute approximate surface area is 170 Å². The van der Waals surface area contributed by atoms with Gasteiger partial charge in [0, 0.05) is 17.4 Å². The lowest BCUT2D eigenvalue weighted by molar-refractivity contribution is -0.131. The normalized spacial score (nSPS) is 24.2. The van der Waals surface area contributed by atoms with Crippen LogP contribution in [0.5, 0.6) is 0 Å². The molecule has 1 saturated heterocycles. The summed E-state index contributed by atoms with van der Waals surface area (Å²) < 4.78 is 19.7. The predicted octanol–water partition coefficient (Wildman–Crippen LogP) is 1.77. The Morgan fingerprint density at radius 1 is 1.34 bits per heavy atom. The van der Waals surface area contributed by atoms with Gasteiger partial charge in [0.2, 0.25) is 17.6 Å². The summed E-state index contributed by atoms with van der Waals surface area (Å²) in [6, 6.07) is -0.953. The van der Waals surface area contributed by atoms with Crippen molar-refractivity contribution in [2.45, 2.75) is 82.5 Å². The van der Waals surface area contributed by atoms with Gasteiger partial charge in [0.25, 0.3) is 5.89 Å². The van der Waals surface area contributed by atoms with E-state index in [2.05, 4.69) is 15.5 Å². The van der Waals surface area contributed by atoms with E-state index in [4.69, 9.17) is 4.42 Å². The highest BCUT2D eigenvalue weighted by atomic mass is 19.1. The lowest BCUT2D eigenvalue weighted by Gasteiger charge is -2.30. The number of carbonyl (C=O) groups is 2. The summed E-state index contributed by atoms with van der Waals surface area (Å²) in [4.78, 5) is 26.9. The van der Waals surface area contributed by atoms with E-state index < -0.39 is 23.5 Å². The number of amides is 1. The van der Waals surface area contributed by atoms with Gasteiger partial charge in [0.1, 0.15) is 12.2 Å². The topological polar surface area (TPSA) is 109 Å². The lowest BCUT2D eigenvalue weighted by atomic mass is 9.90. The maximum atomic E-state index is 14.1. The number of aliphatic hydroxyl groups excluding tert-OH is 1. The number of hydrogen-bond acceptors (Lipinski definition) is 7. The fraction of sp³-hybridized carbons (Fsp3) is 0.800. The number of hydrogen-bond donors (Lipinski definition) is 2. The first-order valence-electron chi connectivity index (χ1n) is 10.4. The maximum absolute atomic E-state index is 14.1. The lowest BCUT2D eigenvalue weighted by Crippen LogP contribution is -2.52. The molecule has 1 aromatic heterocycles. The number of rotatable bonds is 8. The second-order valence-electron chi connectivity index (χ2n) is 8.91. The molecule has 0 spiro atoms. The van der Waals surface area contributed by atoms with Gasteiger partial charge in [0.15, 0.2) is 0 Å². The average Bonchev–Trinajstić information content (AvgIpc) is 3.45. The van der Waals surface area contributed by atoms with Crippen LogP contribution in [0.15, 0.2) is 4.42 Å². The van der Waals surface area contributed by atoms with Crippen LogP contribution in [0.25, 0.3) is 0 Å². The Hall–Kier alpha value is -1.87. The molecule has 2 heterocycles. The number of halogens is 1. The maximum Gasteiger partial charge on any atom is 0.286 e. The third kappa shape index (κ3) is 4.50. The highest BCUT2D eigenvalue weighted by Crippen LogP contribution is 2.30. The quantitative estimate of drug-likeness (QED) is 0.629. The van der Waals surface area contributed by atoms with Crippen molar-refractivity contribution in [3.05, 3.63) is 11.8 Å². The zero-order chi connectivity index (χ0) is 21.2. The molecule has 2 N–H and O–H groups in total. The molecule has 0 radical (unpaired) electrons. The molecular weight excluding hydrogens is 379 g/mol. The molecule has 2 atom stereocenters. The summed E-state index contributed by atoms with van der Waals surface area (Å²) in [5.74, 6) is -0.725. The molecule has 1 aliphatic carbocycles. The summed E-state index contributed by atoms with van der Waals surface area (Å²) in [6.07, 6.45) is 2.97. The molecule has 1 aliphatic heterocycles. The average molecular weight is 410 g/mol. The van der Waals surface area contributed by atoms with Gasteiger partial charge in [-0.3, -0.25) is 9.59 Å². The number of aliphatic hydroxyl groups is 1. The molecule has 162 valence electrons. The van der Waals surface area contributed by atoms with Crippen LogP contribution in [0.2, 0.25) is 0 Å². The number of alkyl halides is 1. The van der Waals surface area contributed by atoms with Crippen molar-refractivity contribution < 1.29 is 23.5 Å². The molecule has 2 aliphatic rings. The van der Waals surface area contributed by atoms with Gasteiger partial charge >= 0.3 is 0 Å². The Bertz CT molecular complexity index is 745. The molecule has 3 rings (SSSR count). The molecule has 0 aromatic carbocycles. The van der Waals surface area contributed by atoms with Crippen LogP contribution >= 0.6 is 0 Å². The van der Waals surface area contributed by atoms with Gasteiger partial charge in [-0.05, 0) is 19.3 Å². The number of aromatic nitrogens is 2. The highest BCUT2D eigenvalue weighted by molar-refractivity contribution is 5.99. The molecule has 0 bridgehead atoms. The molecular formula is C20H31FN4O4. The number of likely N-dealkylation sites (tertiary alicyclic amines) is 1. The Kier molecular flexibility index (Phi) is 6.38. The molecule has 29 heavy (non-hydrogen) atoms. The summed E-state index contributed by atoms with van der Waals surface area (Å²) in [6.45, 7) is 5.62. The molecule has 2 fully saturated rings. The van der Waals surface area contributed by atoms with Crippen LogP contribution in [0.4, 0.5) is 4.39 Å².